The van der Waals surface area contributed by atoms with Gasteiger partial charge in [-0.15, -0.1) is 0 Å². The lowest BCUT2D eigenvalue weighted by molar-refractivity contribution is -0.140. The molecule has 0 unspecified atom stereocenters. The molecular weight excluding hydrogens is 849 g/mol. The van der Waals surface area contributed by atoms with Gasteiger partial charge in [-0.2, -0.15) is 0 Å². The number of rotatable bonds is 9. The van der Waals surface area contributed by atoms with E-state index in [0.29, 0.717) is 35.1 Å². The van der Waals surface area contributed by atoms with E-state index in [1.807, 2.05) is 95.3 Å². The van der Waals surface area contributed by atoms with Crippen LogP contribution in [0.25, 0.3) is 22.5 Å². The third-order valence-corrected chi connectivity index (χ3v) is 12.4. The van der Waals surface area contributed by atoms with E-state index in [9.17, 15) is 29.4 Å². The fourth-order valence-corrected chi connectivity index (χ4v) is 8.38. The highest BCUT2D eigenvalue weighted by Crippen LogP contribution is 2.51. The van der Waals surface area contributed by atoms with Crippen LogP contribution in [0, 0.1) is 13.8 Å². The molecule has 13 heteroatoms. The summed E-state index contributed by atoms with van der Waals surface area (Å²) in [6, 6.07) is 33.1. The largest absolute Gasteiger partial charge is 0.493 e. The molecular formula is C54H54N4O9. The maximum atomic E-state index is 13.2. The van der Waals surface area contributed by atoms with E-state index in [0.717, 1.165) is 101 Å². The fraction of sp³-hybridized carbons (Fsp3) is 0.296. The number of aryl methyl sites for hydroxylation is 2. The molecule has 2 fully saturated rings. The molecule has 2 aliphatic carbocycles. The van der Waals surface area contributed by atoms with Crippen molar-refractivity contribution in [3.8, 4) is 34.0 Å². The van der Waals surface area contributed by atoms with Crippen molar-refractivity contribution in [3.63, 3.8) is 0 Å². The standard InChI is InChI=1S/C25H22N2O4.C17H20N2O2.C12H12O3/c1-15-5-8-21(26-22(15)17-3-2-4-18(13-17)23(28)29)27-24(30)25(10-11-25)19-6-7-20-16(14-19)9-12-31-20;1-11-8-9-14(18)19-15(11)12-6-5-7-13(10-12)16(20)21-17(2,3)4;13-11(14)12(4-5-12)9-1-2-10-8(7-9)3-6-15-10/h2-8,13-14H,9-12H2,1H3,(H,28,29)(H,26,27,30);5-10H,1-4H3,(H2,18,19);1-2,7H,3-6H2,(H,13,14). The van der Waals surface area contributed by atoms with Gasteiger partial charge in [-0.25, -0.2) is 19.6 Å². The zero-order chi connectivity index (χ0) is 47.7. The molecule has 4 heterocycles. The highest BCUT2D eigenvalue weighted by Gasteiger charge is 2.52. The summed E-state index contributed by atoms with van der Waals surface area (Å²) in [7, 11) is 0. The van der Waals surface area contributed by atoms with Gasteiger partial charge in [0.05, 0.1) is 46.6 Å². The minimum Gasteiger partial charge on any atom is -0.493 e. The Morgan fingerprint density at radius 1 is 0.657 bits per heavy atom. The van der Waals surface area contributed by atoms with Crippen LogP contribution in [0.2, 0.25) is 0 Å². The molecule has 0 bridgehead atoms. The van der Waals surface area contributed by atoms with Gasteiger partial charge in [-0.3, -0.25) is 9.59 Å². The van der Waals surface area contributed by atoms with Crippen molar-refractivity contribution < 1.29 is 43.6 Å². The van der Waals surface area contributed by atoms with Crippen LogP contribution in [0.1, 0.15) is 101 Å². The van der Waals surface area contributed by atoms with Crippen LogP contribution >= 0.6 is 0 Å². The maximum Gasteiger partial charge on any atom is 0.338 e. The van der Waals surface area contributed by atoms with Crippen LogP contribution < -0.4 is 20.5 Å². The summed E-state index contributed by atoms with van der Waals surface area (Å²) in [5.41, 5.74) is 14.0. The van der Waals surface area contributed by atoms with Crippen molar-refractivity contribution in [2.45, 2.75) is 89.6 Å². The molecule has 10 rings (SSSR count). The van der Waals surface area contributed by atoms with E-state index in [-0.39, 0.29) is 17.4 Å². The van der Waals surface area contributed by atoms with E-state index < -0.39 is 28.4 Å². The molecule has 0 saturated heterocycles. The second kappa shape index (κ2) is 18.4. The quantitative estimate of drug-likeness (QED) is 0.100. The first-order valence-electron chi connectivity index (χ1n) is 22.4. The summed E-state index contributed by atoms with van der Waals surface area (Å²) in [6.07, 6.45) is 4.91. The van der Waals surface area contributed by atoms with Gasteiger partial charge in [0.1, 0.15) is 28.7 Å². The summed E-state index contributed by atoms with van der Waals surface area (Å²) in [5, 5.41) is 21.4. The summed E-state index contributed by atoms with van der Waals surface area (Å²) in [6.45, 7) is 10.8. The highest BCUT2D eigenvalue weighted by atomic mass is 16.6. The van der Waals surface area contributed by atoms with Crippen LogP contribution in [-0.4, -0.2) is 62.8 Å². The number of hydrogen-bond acceptors (Lipinski definition) is 10. The lowest BCUT2D eigenvalue weighted by Crippen LogP contribution is -2.28. The van der Waals surface area contributed by atoms with Gasteiger partial charge in [0.25, 0.3) is 0 Å². The molecule has 2 aliphatic heterocycles. The van der Waals surface area contributed by atoms with Gasteiger partial charge in [0, 0.05) is 24.0 Å². The van der Waals surface area contributed by atoms with Gasteiger partial charge in [-0.1, -0.05) is 60.7 Å². The predicted molar refractivity (Wildman–Crippen MR) is 255 cm³/mol. The van der Waals surface area contributed by atoms with E-state index >= 15 is 0 Å². The molecule has 0 atom stereocenters. The number of nitrogens with one attached hydrogen (secondary N) is 1. The number of carbonyl (C=O) groups excluding carboxylic acids is 2. The molecule has 2 saturated carbocycles. The van der Waals surface area contributed by atoms with Crippen molar-refractivity contribution in [1.82, 2.24) is 9.97 Å². The fourth-order valence-electron chi connectivity index (χ4n) is 8.38. The van der Waals surface area contributed by atoms with Crippen LogP contribution in [0.15, 0.2) is 109 Å². The average molecular weight is 903 g/mol. The number of benzene rings is 4. The first-order chi connectivity index (χ1) is 31.9. The smallest absolute Gasteiger partial charge is 0.338 e. The van der Waals surface area contributed by atoms with Crippen molar-refractivity contribution in [2.75, 3.05) is 24.3 Å². The maximum absolute atomic E-state index is 13.2. The summed E-state index contributed by atoms with van der Waals surface area (Å²) >= 11 is 0. The Balaban J connectivity index is 0.000000146. The van der Waals surface area contributed by atoms with E-state index in [4.69, 9.17) is 19.9 Å². The van der Waals surface area contributed by atoms with Crippen molar-refractivity contribution in [3.05, 3.63) is 154 Å². The number of nitrogens with two attached hydrogens (primary N) is 1. The Kier molecular flexibility index (Phi) is 12.6. The monoisotopic (exact) mass is 902 g/mol. The molecule has 1 amide bonds. The molecule has 344 valence electrons. The Hall–Kier alpha value is -7.54. The van der Waals surface area contributed by atoms with E-state index in [1.54, 1.807) is 42.5 Å². The number of fused-ring (bicyclic) bond motifs is 2. The molecule has 2 aromatic heterocycles. The third-order valence-electron chi connectivity index (χ3n) is 12.4. The number of ether oxygens (including phenoxy) is 3. The van der Waals surface area contributed by atoms with Gasteiger partial charge < -0.3 is 35.5 Å². The first-order valence-corrected chi connectivity index (χ1v) is 22.4. The van der Waals surface area contributed by atoms with Crippen LogP contribution in [-0.2, 0) is 38.0 Å². The van der Waals surface area contributed by atoms with Gasteiger partial charge in [0.15, 0.2) is 0 Å². The molecule has 4 aromatic carbocycles. The SMILES string of the molecule is Cc1ccc(N)nc1-c1cccc(C(=O)OC(C)(C)C)c1.Cc1ccc(NC(=O)C2(c3ccc4c(c3)CCO4)CC2)nc1-c1cccc(C(=O)O)c1.O=C(O)C1(c2ccc3c(c2)CCO3)CC1. The molecule has 0 radical (unpaired) electrons. The van der Waals surface area contributed by atoms with Crippen molar-refractivity contribution in [2.24, 2.45) is 0 Å². The number of pyridine rings is 2. The Labute approximate surface area is 389 Å². The average Bonchev–Trinajstić information content (AvgIpc) is 4.20. The molecule has 0 spiro atoms. The van der Waals surface area contributed by atoms with Gasteiger partial charge in [-0.05, 0) is 142 Å². The van der Waals surface area contributed by atoms with Crippen molar-refractivity contribution in [1.29, 1.82) is 0 Å². The number of anilines is 2. The van der Waals surface area contributed by atoms with Crippen LogP contribution in [0.4, 0.5) is 11.6 Å². The summed E-state index contributed by atoms with van der Waals surface area (Å²) < 4.78 is 16.4. The number of aliphatic carboxylic acids is 1. The second-order valence-electron chi connectivity index (χ2n) is 18.5. The molecule has 4 aliphatic rings. The Bertz CT molecular complexity index is 2910. The van der Waals surface area contributed by atoms with Gasteiger partial charge >= 0.3 is 17.9 Å². The lowest BCUT2D eigenvalue weighted by atomic mass is 9.92. The van der Waals surface area contributed by atoms with E-state index in [2.05, 4.69) is 21.4 Å². The number of carbonyl (C=O) groups is 4. The van der Waals surface area contributed by atoms with Crippen LogP contribution in [0.3, 0.4) is 0 Å². The normalized spacial score (nSPS) is 15.4. The molecule has 13 nitrogen and oxygen atoms in total. The zero-order valence-corrected chi connectivity index (χ0v) is 38.3. The predicted octanol–water partition coefficient (Wildman–Crippen LogP) is 9.69. The number of amides is 1. The number of hydrogen-bond donors (Lipinski definition) is 4. The minimum absolute atomic E-state index is 0.0621. The van der Waals surface area contributed by atoms with Crippen molar-refractivity contribution >= 4 is 35.5 Å². The van der Waals surface area contributed by atoms with E-state index in [1.165, 1.54) is 0 Å². The number of aromatic carboxylic acids is 1. The topological polar surface area (TPSA) is 200 Å². The molecule has 5 N–H and O–H groups in total. The lowest BCUT2D eigenvalue weighted by Gasteiger charge is -2.19. The number of carboxylic acids is 2. The summed E-state index contributed by atoms with van der Waals surface area (Å²) in [4.78, 5) is 56.8. The highest BCUT2D eigenvalue weighted by molar-refractivity contribution is 6.01. The van der Waals surface area contributed by atoms with Crippen LogP contribution in [0.5, 0.6) is 11.5 Å². The number of carboxylic acid groups (broad SMARTS) is 2. The summed E-state index contributed by atoms with van der Waals surface area (Å²) in [5.74, 6) is 0.660. The minimum atomic E-state index is -0.987. The molecule has 6 aromatic rings. The Morgan fingerprint density at radius 3 is 1.72 bits per heavy atom. The number of nitrogens with zero attached hydrogens (tertiary/aromatic N) is 2. The number of aromatic nitrogens is 2. The Morgan fingerprint density at radius 2 is 1.18 bits per heavy atom. The second-order valence-corrected chi connectivity index (χ2v) is 18.5. The zero-order valence-electron chi connectivity index (χ0n) is 38.3. The molecule has 67 heavy (non-hydrogen) atoms. The number of esters is 1. The van der Waals surface area contributed by atoms with Gasteiger partial charge in [0.2, 0.25) is 5.91 Å². The first kappa shape index (κ1) is 46.0. The number of nitrogen functional groups attached to an aromatic ring is 1. The third kappa shape index (κ3) is 10.2.